The van der Waals surface area contributed by atoms with E-state index in [0.717, 1.165) is 66.7 Å². The van der Waals surface area contributed by atoms with E-state index in [1.165, 1.54) is 5.56 Å². The number of nitrogens with two attached hydrogens (primary N) is 1. The van der Waals surface area contributed by atoms with Crippen molar-refractivity contribution in [2.45, 2.75) is 64.4 Å². The SMILES string of the molecule is CC(C)(C)OC(=O)N1CCC(C(C(N)=O)c2ccc(-c3ccccc3)cc2)CC1.O=C(CC1CCNCC1)Nc1ccc(-c2ccccc2)cc1. The van der Waals surface area contributed by atoms with Crippen LogP contribution < -0.4 is 16.4 Å². The minimum absolute atomic E-state index is 0.119. The van der Waals surface area contributed by atoms with Crippen molar-refractivity contribution in [1.29, 1.82) is 0 Å². The Kier molecular flexibility index (Phi) is 13.0. The molecule has 1 unspecified atom stereocenters. The Labute approximate surface area is 302 Å². The van der Waals surface area contributed by atoms with E-state index < -0.39 is 5.60 Å². The van der Waals surface area contributed by atoms with E-state index >= 15 is 0 Å². The molecule has 2 fully saturated rings. The maximum atomic E-state index is 12.3. The molecular weight excluding hydrogens is 636 g/mol. The van der Waals surface area contributed by atoms with Crippen LogP contribution in [0.1, 0.15) is 64.4 Å². The molecule has 51 heavy (non-hydrogen) atoms. The second-order valence-corrected chi connectivity index (χ2v) is 14.6. The average molecular weight is 689 g/mol. The number of amides is 3. The van der Waals surface area contributed by atoms with Crippen molar-refractivity contribution in [2.75, 3.05) is 31.5 Å². The number of benzene rings is 4. The first kappa shape index (κ1) is 37.3. The van der Waals surface area contributed by atoms with Gasteiger partial charge in [-0.2, -0.15) is 0 Å². The fourth-order valence-corrected chi connectivity index (χ4v) is 6.86. The maximum Gasteiger partial charge on any atom is 0.410 e. The van der Waals surface area contributed by atoms with Gasteiger partial charge in [0, 0.05) is 25.2 Å². The standard InChI is InChI=1S/C24H30N2O3.C19H22N2O/c1-24(2,3)29-23(28)26-15-13-20(14-16-26)21(22(25)27)19-11-9-18(10-12-19)17-7-5-4-6-8-17;22-19(14-15-10-12-20-13-11-15)21-18-8-6-17(7-9-18)16-4-2-1-3-5-16/h4-12,20-21H,13-16H2,1-3H3,(H2,25,27);1-9,15,20H,10-14H2,(H,21,22). The van der Waals surface area contributed by atoms with Crippen LogP contribution in [0.4, 0.5) is 10.5 Å². The van der Waals surface area contributed by atoms with Gasteiger partial charge in [0.1, 0.15) is 5.60 Å². The second-order valence-electron chi connectivity index (χ2n) is 14.6. The molecule has 4 aromatic carbocycles. The Morgan fingerprint density at radius 1 is 0.745 bits per heavy atom. The van der Waals surface area contributed by atoms with E-state index in [4.69, 9.17) is 10.5 Å². The molecule has 2 aliphatic heterocycles. The van der Waals surface area contributed by atoms with E-state index in [-0.39, 0.29) is 29.7 Å². The number of nitrogens with zero attached hydrogens (tertiary/aromatic N) is 1. The minimum atomic E-state index is -0.510. The van der Waals surface area contributed by atoms with Crippen molar-refractivity contribution >= 4 is 23.6 Å². The zero-order valence-electron chi connectivity index (χ0n) is 30.1. The molecule has 4 N–H and O–H groups in total. The summed E-state index contributed by atoms with van der Waals surface area (Å²) in [6.45, 7) is 8.80. The molecule has 1 atom stereocenters. The molecular formula is C43H52N4O4. The van der Waals surface area contributed by atoms with Gasteiger partial charge >= 0.3 is 6.09 Å². The van der Waals surface area contributed by atoms with E-state index in [2.05, 4.69) is 47.0 Å². The van der Waals surface area contributed by atoms with E-state index in [9.17, 15) is 14.4 Å². The smallest absolute Gasteiger partial charge is 0.410 e. The Bertz CT molecular complexity index is 1690. The van der Waals surface area contributed by atoms with Crippen LogP contribution >= 0.6 is 0 Å². The topological polar surface area (TPSA) is 114 Å². The number of ether oxygens (including phenoxy) is 1. The van der Waals surface area contributed by atoms with Gasteiger partial charge in [-0.1, -0.05) is 97.1 Å². The van der Waals surface area contributed by atoms with Crippen molar-refractivity contribution < 1.29 is 19.1 Å². The number of primary amides is 1. The summed E-state index contributed by atoms with van der Waals surface area (Å²) in [5.74, 6) is 0.103. The third-order valence-electron chi connectivity index (χ3n) is 9.55. The molecule has 0 radical (unpaired) electrons. The van der Waals surface area contributed by atoms with Gasteiger partial charge in [-0.05, 0) is 111 Å². The van der Waals surface area contributed by atoms with Crippen LogP contribution in [0.25, 0.3) is 22.3 Å². The second kappa shape index (κ2) is 17.8. The summed E-state index contributed by atoms with van der Waals surface area (Å²) in [5.41, 5.74) is 11.7. The summed E-state index contributed by atoms with van der Waals surface area (Å²) in [6, 6.07) is 36.5. The van der Waals surface area contributed by atoms with Crippen LogP contribution in [0.15, 0.2) is 109 Å². The van der Waals surface area contributed by atoms with Gasteiger partial charge in [0.05, 0.1) is 5.92 Å². The number of hydrogen-bond donors (Lipinski definition) is 3. The van der Waals surface area contributed by atoms with Gasteiger partial charge in [0.25, 0.3) is 0 Å². The third-order valence-corrected chi connectivity index (χ3v) is 9.55. The van der Waals surface area contributed by atoms with Crippen LogP contribution in [0.2, 0.25) is 0 Å². The molecule has 0 saturated carbocycles. The number of nitrogens with one attached hydrogen (secondary N) is 2. The number of carbonyl (C=O) groups excluding carboxylic acids is 3. The minimum Gasteiger partial charge on any atom is -0.444 e. The van der Waals surface area contributed by atoms with Crippen molar-refractivity contribution in [3.8, 4) is 22.3 Å². The lowest BCUT2D eigenvalue weighted by molar-refractivity contribution is -0.121. The quantitative estimate of drug-likeness (QED) is 0.173. The van der Waals surface area contributed by atoms with E-state index in [1.807, 2.05) is 93.6 Å². The molecule has 0 spiro atoms. The van der Waals surface area contributed by atoms with Crippen LogP contribution in [-0.2, 0) is 14.3 Å². The average Bonchev–Trinajstić information content (AvgIpc) is 3.13. The Hall–Kier alpha value is -4.95. The Balaban J connectivity index is 0.000000205. The summed E-state index contributed by atoms with van der Waals surface area (Å²) in [6.07, 6.45) is 3.99. The Morgan fingerprint density at radius 3 is 1.73 bits per heavy atom. The summed E-state index contributed by atoms with van der Waals surface area (Å²) in [4.78, 5) is 38.4. The number of anilines is 1. The lowest BCUT2D eigenvalue weighted by Crippen LogP contribution is -2.43. The highest BCUT2D eigenvalue weighted by Crippen LogP contribution is 2.34. The first-order valence-electron chi connectivity index (χ1n) is 18.1. The van der Waals surface area contributed by atoms with Crippen LogP contribution in [0.5, 0.6) is 0 Å². The van der Waals surface area contributed by atoms with Crippen molar-refractivity contribution in [2.24, 2.45) is 17.6 Å². The Morgan fingerprint density at radius 2 is 1.24 bits per heavy atom. The summed E-state index contributed by atoms with van der Waals surface area (Å²) < 4.78 is 5.46. The summed E-state index contributed by atoms with van der Waals surface area (Å²) in [5, 5.41) is 6.34. The fourth-order valence-electron chi connectivity index (χ4n) is 6.86. The lowest BCUT2D eigenvalue weighted by Gasteiger charge is -2.36. The molecule has 2 saturated heterocycles. The monoisotopic (exact) mass is 688 g/mol. The predicted octanol–water partition coefficient (Wildman–Crippen LogP) is 8.25. The highest BCUT2D eigenvalue weighted by Gasteiger charge is 2.34. The van der Waals surface area contributed by atoms with Gasteiger partial charge in [-0.3, -0.25) is 9.59 Å². The van der Waals surface area contributed by atoms with Crippen LogP contribution in [-0.4, -0.2) is 54.6 Å². The summed E-state index contributed by atoms with van der Waals surface area (Å²) in [7, 11) is 0. The molecule has 3 amide bonds. The molecule has 4 aromatic rings. The van der Waals surface area contributed by atoms with Gasteiger partial charge < -0.3 is 26.0 Å². The molecule has 6 rings (SSSR count). The zero-order valence-corrected chi connectivity index (χ0v) is 30.1. The zero-order chi connectivity index (χ0) is 36.2. The van der Waals surface area contributed by atoms with Crippen LogP contribution in [0.3, 0.4) is 0 Å². The first-order chi connectivity index (χ1) is 24.6. The van der Waals surface area contributed by atoms with Gasteiger partial charge in [-0.15, -0.1) is 0 Å². The first-order valence-corrected chi connectivity index (χ1v) is 18.1. The van der Waals surface area contributed by atoms with Gasteiger partial charge in [0.2, 0.25) is 11.8 Å². The van der Waals surface area contributed by atoms with Gasteiger partial charge in [-0.25, -0.2) is 4.79 Å². The van der Waals surface area contributed by atoms with Crippen molar-refractivity contribution in [3.63, 3.8) is 0 Å². The number of likely N-dealkylation sites (tertiary alicyclic amines) is 1. The molecule has 2 aliphatic rings. The van der Waals surface area contributed by atoms with Gasteiger partial charge in [0.15, 0.2) is 0 Å². The van der Waals surface area contributed by atoms with E-state index in [1.54, 1.807) is 4.90 Å². The molecule has 0 aromatic heterocycles. The number of carbonyl (C=O) groups is 3. The van der Waals surface area contributed by atoms with E-state index in [0.29, 0.717) is 25.4 Å². The lowest BCUT2D eigenvalue weighted by atomic mass is 9.79. The molecule has 0 aliphatic carbocycles. The third kappa shape index (κ3) is 11.3. The molecule has 0 bridgehead atoms. The molecule has 8 nitrogen and oxygen atoms in total. The largest absolute Gasteiger partial charge is 0.444 e. The number of hydrogen-bond acceptors (Lipinski definition) is 5. The maximum absolute atomic E-state index is 12.3. The number of rotatable bonds is 8. The van der Waals surface area contributed by atoms with Crippen molar-refractivity contribution in [1.82, 2.24) is 10.2 Å². The fraction of sp³-hybridized carbons (Fsp3) is 0.372. The molecule has 268 valence electrons. The predicted molar refractivity (Wildman–Crippen MR) is 205 cm³/mol. The molecule has 8 heteroatoms. The van der Waals surface area contributed by atoms with Crippen molar-refractivity contribution in [3.05, 3.63) is 115 Å². The molecule has 2 heterocycles. The highest BCUT2D eigenvalue weighted by molar-refractivity contribution is 5.91. The normalized spacial score (nSPS) is 15.9. The highest BCUT2D eigenvalue weighted by atomic mass is 16.6. The summed E-state index contributed by atoms with van der Waals surface area (Å²) >= 11 is 0. The number of piperidine rings is 2. The van der Waals surface area contributed by atoms with Crippen LogP contribution in [0, 0.1) is 11.8 Å².